The molecular formula is C42H29F3OS. The molecule has 1 heterocycles. The van der Waals surface area contributed by atoms with Gasteiger partial charge in [0.15, 0.2) is 0 Å². The van der Waals surface area contributed by atoms with Gasteiger partial charge in [-0.15, -0.1) is 11.3 Å². The van der Waals surface area contributed by atoms with E-state index in [-0.39, 0.29) is 0 Å². The molecule has 0 aliphatic carbocycles. The summed E-state index contributed by atoms with van der Waals surface area (Å²) in [7, 11) is 1.68. The van der Waals surface area contributed by atoms with Crippen LogP contribution >= 0.6 is 11.3 Å². The van der Waals surface area contributed by atoms with Crippen LogP contribution in [-0.2, 0) is 6.18 Å². The van der Waals surface area contributed by atoms with Crippen molar-refractivity contribution in [2.24, 2.45) is 0 Å². The Bertz CT molecular complexity index is 2090. The van der Waals surface area contributed by atoms with E-state index in [1.54, 1.807) is 18.4 Å². The van der Waals surface area contributed by atoms with Crippen LogP contribution in [0.25, 0.3) is 65.4 Å². The quantitative estimate of drug-likeness (QED) is 0.169. The summed E-state index contributed by atoms with van der Waals surface area (Å²) in [6, 6.07) is 51.4. The van der Waals surface area contributed by atoms with E-state index in [1.165, 1.54) is 38.6 Å². The first-order valence-electron chi connectivity index (χ1n) is 15.2. The molecule has 5 heteroatoms. The van der Waals surface area contributed by atoms with E-state index in [4.69, 9.17) is 4.74 Å². The van der Waals surface area contributed by atoms with E-state index in [0.29, 0.717) is 0 Å². The first kappa shape index (κ1) is 30.3. The third-order valence-corrected chi connectivity index (χ3v) is 9.53. The molecule has 0 aliphatic heterocycles. The van der Waals surface area contributed by atoms with Crippen LogP contribution in [0.3, 0.4) is 0 Å². The van der Waals surface area contributed by atoms with Gasteiger partial charge in [0.2, 0.25) is 0 Å². The van der Waals surface area contributed by atoms with Crippen molar-refractivity contribution >= 4 is 11.3 Å². The molecule has 230 valence electrons. The minimum Gasteiger partial charge on any atom is -0.497 e. The summed E-state index contributed by atoms with van der Waals surface area (Å²) in [6.45, 7) is 0. The predicted octanol–water partition coefficient (Wildman–Crippen LogP) is 12.8. The lowest BCUT2D eigenvalue weighted by molar-refractivity contribution is -0.137. The number of halogens is 3. The van der Waals surface area contributed by atoms with Gasteiger partial charge in [0.25, 0.3) is 0 Å². The number of thiophene rings is 1. The molecule has 1 aromatic heterocycles. The smallest absolute Gasteiger partial charge is 0.416 e. The maximum atomic E-state index is 12.9. The largest absolute Gasteiger partial charge is 0.497 e. The van der Waals surface area contributed by atoms with Gasteiger partial charge >= 0.3 is 6.18 Å². The molecule has 7 rings (SSSR count). The second-order valence-corrected chi connectivity index (χ2v) is 12.4. The van der Waals surface area contributed by atoms with E-state index in [1.807, 2.05) is 36.4 Å². The second-order valence-electron chi connectivity index (χ2n) is 11.3. The minimum atomic E-state index is -4.33. The van der Waals surface area contributed by atoms with Gasteiger partial charge in [0.05, 0.1) is 12.7 Å². The first-order valence-corrected chi connectivity index (χ1v) is 16.0. The summed E-state index contributed by atoms with van der Waals surface area (Å²) < 4.78 is 44.0. The summed E-state index contributed by atoms with van der Waals surface area (Å²) in [6.07, 6.45) is -4.33. The molecule has 0 amide bonds. The van der Waals surface area contributed by atoms with Gasteiger partial charge < -0.3 is 4.74 Å². The fourth-order valence-electron chi connectivity index (χ4n) is 5.65. The van der Waals surface area contributed by atoms with Crippen LogP contribution in [0.15, 0.2) is 158 Å². The molecule has 6 aromatic carbocycles. The Morgan fingerprint density at radius 3 is 0.894 bits per heavy atom. The van der Waals surface area contributed by atoms with Crippen molar-refractivity contribution in [2.75, 3.05) is 7.11 Å². The van der Waals surface area contributed by atoms with Crippen LogP contribution in [0.2, 0.25) is 0 Å². The molecule has 0 aliphatic rings. The van der Waals surface area contributed by atoms with E-state index >= 15 is 0 Å². The standard InChI is InChI=1S/C42H29F3OS/c1-46-39-24-20-35(21-25-39)33-12-16-37(17-13-33)41-27-26-40(47-41)36-14-10-32(11-15-36)30-4-2-28(3-5-30)29-6-8-31(9-7-29)34-18-22-38(23-19-34)42(43,44)45/h2-27H,1H3. The molecule has 0 saturated heterocycles. The van der Waals surface area contributed by atoms with Crippen LogP contribution in [0, 0.1) is 0 Å². The number of hydrogen-bond acceptors (Lipinski definition) is 2. The van der Waals surface area contributed by atoms with Crippen LogP contribution in [0.4, 0.5) is 13.2 Å². The summed E-state index contributed by atoms with van der Waals surface area (Å²) in [5.41, 5.74) is 10.1. The number of alkyl halides is 3. The van der Waals surface area contributed by atoms with Gasteiger partial charge in [-0.1, -0.05) is 121 Å². The highest BCUT2D eigenvalue weighted by Crippen LogP contribution is 2.37. The molecule has 0 fully saturated rings. The Labute approximate surface area is 276 Å². The summed E-state index contributed by atoms with van der Waals surface area (Å²) in [5, 5.41) is 0. The third-order valence-electron chi connectivity index (χ3n) is 8.35. The lowest BCUT2D eigenvalue weighted by atomic mass is 9.97. The van der Waals surface area contributed by atoms with Crippen molar-refractivity contribution in [3.63, 3.8) is 0 Å². The summed E-state index contributed by atoms with van der Waals surface area (Å²) in [4.78, 5) is 2.45. The normalized spacial score (nSPS) is 11.4. The molecular weight excluding hydrogens is 610 g/mol. The number of ether oxygens (including phenoxy) is 1. The van der Waals surface area contributed by atoms with E-state index in [0.717, 1.165) is 56.8 Å². The maximum Gasteiger partial charge on any atom is 0.416 e. The monoisotopic (exact) mass is 638 g/mol. The fraction of sp³-hybridized carbons (Fsp3) is 0.0476. The van der Waals surface area contributed by atoms with Crippen molar-refractivity contribution in [1.29, 1.82) is 0 Å². The number of benzene rings is 6. The highest BCUT2D eigenvalue weighted by molar-refractivity contribution is 7.18. The number of rotatable bonds is 7. The molecule has 0 radical (unpaired) electrons. The van der Waals surface area contributed by atoms with E-state index in [2.05, 4.69) is 97.1 Å². The van der Waals surface area contributed by atoms with E-state index in [9.17, 15) is 13.2 Å². The summed E-state index contributed by atoms with van der Waals surface area (Å²) >= 11 is 1.79. The van der Waals surface area contributed by atoms with Crippen molar-refractivity contribution in [2.45, 2.75) is 6.18 Å². The number of hydrogen-bond donors (Lipinski definition) is 0. The molecule has 7 aromatic rings. The van der Waals surface area contributed by atoms with Crippen molar-refractivity contribution < 1.29 is 17.9 Å². The zero-order valence-electron chi connectivity index (χ0n) is 25.5. The molecule has 0 unspecified atom stereocenters. The van der Waals surface area contributed by atoms with E-state index < -0.39 is 11.7 Å². The van der Waals surface area contributed by atoms with Crippen LogP contribution in [0.1, 0.15) is 5.56 Å². The zero-order chi connectivity index (χ0) is 32.4. The van der Waals surface area contributed by atoms with Gasteiger partial charge in [0, 0.05) is 9.75 Å². The lowest BCUT2D eigenvalue weighted by Gasteiger charge is -2.09. The molecule has 0 atom stereocenters. The molecule has 1 nitrogen and oxygen atoms in total. The first-order chi connectivity index (χ1) is 22.8. The second kappa shape index (κ2) is 12.8. The Morgan fingerprint density at radius 1 is 0.362 bits per heavy atom. The number of methoxy groups -OCH3 is 1. The van der Waals surface area contributed by atoms with Gasteiger partial charge in [-0.2, -0.15) is 13.2 Å². The average Bonchev–Trinajstić information content (AvgIpc) is 3.62. The maximum absolute atomic E-state index is 12.9. The average molecular weight is 639 g/mol. The lowest BCUT2D eigenvalue weighted by Crippen LogP contribution is -2.03. The predicted molar refractivity (Wildman–Crippen MR) is 188 cm³/mol. The van der Waals surface area contributed by atoms with Crippen molar-refractivity contribution in [3.8, 4) is 71.1 Å². The van der Waals surface area contributed by atoms with Gasteiger partial charge in [-0.3, -0.25) is 0 Å². The Hall–Kier alpha value is -5.39. The Kier molecular flexibility index (Phi) is 8.23. The minimum absolute atomic E-state index is 0.642. The van der Waals surface area contributed by atoms with Crippen LogP contribution in [0.5, 0.6) is 5.75 Å². The molecule has 0 saturated carbocycles. The summed E-state index contributed by atoms with van der Waals surface area (Å²) in [5.74, 6) is 0.852. The fourth-order valence-corrected chi connectivity index (χ4v) is 6.66. The highest BCUT2D eigenvalue weighted by Gasteiger charge is 2.30. The Morgan fingerprint density at radius 2 is 0.617 bits per heavy atom. The van der Waals surface area contributed by atoms with Crippen LogP contribution < -0.4 is 4.74 Å². The molecule has 0 N–H and O–H groups in total. The van der Waals surface area contributed by atoms with Crippen molar-refractivity contribution in [1.82, 2.24) is 0 Å². The SMILES string of the molecule is COc1ccc(-c2ccc(-c3ccc(-c4ccc(-c5ccc(-c6ccc(-c7ccc(C(F)(F)F)cc7)cc6)cc5)cc4)s3)cc2)cc1. The zero-order valence-corrected chi connectivity index (χ0v) is 26.3. The van der Waals surface area contributed by atoms with Gasteiger partial charge in [0.1, 0.15) is 5.75 Å². The van der Waals surface area contributed by atoms with Crippen LogP contribution in [-0.4, -0.2) is 7.11 Å². The third kappa shape index (κ3) is 6.62. The molecule has 0 bridgehead atoms. The molecule has 0 spiro atoms. The highest BCUT2D eigenvalue weighted by atomic mass is 32.1. The molecule has 47 heavy (non-hydrogen) atoms. The van der Waals surface area contributed by atoms with Gasteiger partial charge in [-0.25, -0.2) is 0 Å². The Balaban J connectivity index is 1.01. The van der Waals surface area contributed by atoms with Gasteiger partial charge in [-0.05, 0) is 92.0 Å². The topological polar surface area (TPSA) is 9.23 Å². The van der Waals surface area contributed by atoms with Crippen molar-refractivity contribution in [3.05, 3.63) is 163 Å².